The third kappa shape index (κ3) is 3.50. The standard InChI is InChI=1S/C12H15N5O3S/c1-16-11(6-13)14-15-12(16)21-7-8-3-9(17(18)19)5-10(4-8)20-2/h3-5H,6-7,13H2,1-2H3. The van der Waals surface area contributed by atoms with E-state index in [1.807, 2.05) is 7.05 Å². The number of hydrogen-bond donors (Lipinski definition) is 1. The average molecular weight is 309 g/mol. The van der Waals surface area contributed by atoms with E-state index in [2.05, 4.69) is 10.2 Å². The van der Waals surface area contributed by atoms with Crippen molar-refractivity contribution in [1.29, 1.82) is 0 Å². The van der Waals surface area contributed by atoms with Gasteiger partial charge in [-0.15, -0.1) is 10.2 Å². The van der Waals surface area contributed by atoms with Crippen LogP contribution in [0.2, 0.25) is 0 Å². The highest BCUT2D eigenvalue weighted by molar-refractivity contribution is 7.98. The number of methoxy groups -OCH3 is 1. The molecule has 0 unspecified atom stereocenters. The lowest BCUT2D eigenvalue weighted by molar-refractivity contribution is -0.385. The molecule has 112 valence electrons. The summed E-state index contributed by atoms with van der Waals surface area (Å²) in [6.45, 7) is 0.314. The zero-order valence-electron chi connectivity index (χ0n) is 11.6. The fourth-order valence-electron chi connectivity index (χ4n) is 1.75. The summed E-state index contributed by atoms with van der Waals surface area (Å²) in [7, 11) is 3.31. The van der Waals surface area contributed by atoms with Gasteiger partial charge in [0.25, 0.3) is 5.69 Å². The van der Waals surface area contributed by atoms with Crippen LogP contribution >= 0.6 is 11.8 Å². The molecule has 0 saturated carbocycles. The molecule has 21 heavy (non-hydrogen) atoms. The summed E-state index contributed by atoms with van der Waals surface area (Å²) in [6, 6.07) is 4.68. The lowest BCUT2D eigenvalue weighted by atomic mass is 10.2. The van der Waals surface area contributed by atoms with Crippen molar-refractivity contribution in [3.63, 3.8) is 0 Å². The molecule has 0 radical (unpaired) electrons. The van der Waals surface area contributed by atoms with Gasteiger partial charge < -0.3 is 15.0 Å². The van der Waals surface area contributed by atoms with Crippen LogP contribution in [0.1, 0.15) is 11.4 Å². The number of nitro groups is 1. The highest BCUT2D eigenvalue weighted by Gasteiger charge is 2.12. The molecule has 0 saturated heterocycles. The predicted octanol–water partition coefficient (Wildman–Crippen LogP) is 1.48. The molecular weight excluding hydrogens is 294 g/mol. The SMILES string of the molecule is COc1cc(CSc2nnc(CN)n2C)cc([N+](=O)[O-])c1. The number of thioether (sulfide) groups is 1. The Morgan fingerprint density at radius 2 is 2.19 bits per heavy atom. The van der Waals surface area contributed by atoms with Crippen molar-refractivity contribution < 1.29 is 9.66 Å². The van der Waals surface area contributed by atoms with Crippen molar-refractivity contribution in [2.24, 2.45) is 12.8 Å². The molecule has 0 fully saturated rings. The Labute approximate surface area is 125 Å². The number of rotatable bonds is 6. The van der Waals surface area contributed by atoms with E-state index >= 15 is 0 Å². The molecule has 0 aliphatic rings. The minimum absolute atomic E-state index is 0.00515. The number of aromatic nitrogens is 3. The van der Waals surface area contributed by atoms with Crippen LogP contribution < -0.4 is 10.5 Å². The molecule has 0 spiro atoms. The number of benzene rings is 1. The van der Waals surface area contributed by atoms with E-state index in [9.17, 15) is 10.1 Å². The topological polar surface area (TPSA) is 109 Å². The number of nitrogens with zero attached hydrogens (tertiary/aromatic N) is 4. The van der Waals surface area contributed by atoms with E-state index in [-0.39, 0.29) is 5.69 Å². The Hall–Kier alpha value is -2.13. The quantitative estimate of drug-likeness (QED) is 0.489. The van der Waals surface area contributed by atoms with Crippen LogP contribution in [0, 0.1) is 10.1 Å². The molecule has 2 N–H and O–H groups in total. The first-order valence-corrected chi connectivity index (χ1v) is 7.07. The van der Waals surface area contributed by atoms with Crippen LogP contribution in [0.3, 0.4) is 0 Å². The van der Waals surface area contributed by atoms with Gasteiger partial charge in [-0.1, -0.05) is 11.8 Å². The van der Waals surface area contributed by atoms with Crippen LogP contribution in [-0.4, -0.2) is 26.8 Å². The summed E-state index contributed by atoms with van der Waals surface area (Å²) < 4.78 is 6.88. The Bertz CT molecular complexity index is 658. The number of nitro benzene ring substituents is 1. The summed E-state index contributed by atoms with van der Waals surface area (Å²) in [5.41, 5.74) is 6.32. The van der Waals surface area contributed by atoms with Crippen molar-refractivity contribution in [2.75, 3.05) is 7.11 Å². The molecule has 2 aromatic rings. The third-order valence-electron chi connectivity index (χ3n) is 2.87. The molecule has 0 amide bonds. The van der Waals surface area contributed by atoms with Crippen molar-refractivity contribution in [3.05, 3.63) is 39.7 Å². The Morgan fingerprint density at radius 3 is 2.76 bits per heavy atom. The van der Waals surface area contributed by atoms with Crippen molar-refractivity contribution in [2.45, 2.75) is 17.5 Å². The van der Waals surface area contributed by atoms with E-state index in [4.69, 9.17) is 10.5 Å². The molecule has 1 aromatic carbocycles. The van der Waals surface area contributed by atoms with Gasteiger partial charge in [0.1, 0.15) is 11.6 Å². The fourth-order valence-corrected chi connectivity index (χ4v) is 2.61. The van der Waals surface area contributed by atoms with Gasteiger partial charge in [-0.3, -0.25) is 10.1 Å². The van der Waals surface area contributed by atoms with Crippen molar-refractivity contribution >= 4 is 17.4 Å². The molecular formula is C12H15N5O3S. The summed E-state index contributed by atoms with van der Waals surface area (Å²) >= 11 is 1.43. The zero-order chi connectivity index (χ0) is 15.4. The number of nitrogens with two attached hydrogens (primary N) is 1. The minimum Gasteiger partial charge on any atom is -0.496 e. The predicted molar refractivity (Wildman–Crippen MR) is 78.1 cm³/mol. The Morgan fingerprint density at radius 1 is 1.43 bits per heavy atom. The highest BCUT2D eigenvalue weighted by atomic mass is 32.2. The second-order valence-electron chi connectivity index (χ2n) is 4.25. The summed E-state index contributed by atoms with van der Waals surface area (Å²) in [6.07, 6.45) is 0. The molecule has 9 heteroatoms. The summed E-state index contributed by atoms with van der Waals surface area (Å²) in [4.78, 5) is 10.5. The van der Waals surface area contributed by atoms with E-state index in [1.54, 1.807) is 10.6 Å². The van der Waals surface area contributed by atoms with Crippen molar-refractivity contribution in [3.8, 4) is 5.75 Å². The Kier molecular flexibility index (Phi) is 4.76. The maximum atomic E-state index is 10.9. The van der Waals surface area contributed by atoms with E-state index < -0.39 is 4.92 Å². The third-order valence-corrected chi connectivity index (χ3v) is 3.96. The van der Waals surface area contributed by atoms with Crippen LogP contribution in [0.4, 0.5) is 5.69 Å². The fraction of sp³-hybridized carbons (Fsp3) is 0.333. The second kappa shape index (κ2) is 6.55. The van der Waals surface area contributed by atoms with Crippen molar-refractivity contribution in [1.82, 2.24) is 14.8 Å². The lowest BCUT2D eigenvalue weighted by Gasteiger charge is -2.05. The van der Waals surface area contributed by atoms with Gasteiger partial charge in [0.05, 0.1) is 24.6 Å². The first-order valence-electron chi connectivity index (χ1n) is 6.08. The zero-order valence-corrected chi connectivity index (χ0v) is 12.5. The molecule has 2 rings (SSSR count). The lowest BCUT2D eigenvalue weighted by Crippen LogP contribution is -2.05. The monoisotopic (exact) mass is 309 g/mol. The van der Waals surface area contributed by atoms with Crippen LogP contribution in [0.15, 0.2) is 23.4 Å². The highest BCUT2D eigenvalue weighted by Crippen LogP contribution is 2.27. The van der Waals surface area contributed by atoms with Gasteiger partial charge in [-0.2, -0.15) is 0 Å². The van der Waals surface area contributed by atoms with E-state index in [0.717, 1.165) is 5.56 Å². The molecule has 0 bridgehead atoms. The molecule has 0 atom stereocenters. The van der Waals surface area contributed by atoms with E-state index in [1.165, 1.54) is 31.0 Å². The van der Waals surface area contributed by atoms with Crippen LogP contribution in [0.25, 0.3) is 0 Å². The minimum atomic E-state index is -0.439. The summed E-state index contributed by atoms with van der Waals surface area (Å²) in [5.74, 6) is 1.67. The Balaban J connectivity index is 2.17. The van der Waals surface area contributed by atoms with Gasteiger partial charge in [-0.25, -0.2) is 0 Å². The maximum absolute atomic E-state index is 10.9. The van der Waals surface area contributed by atoms with E-state index in [0.29, 0.717) is 29.0 Å². The second-order valence-corrected chi connectivity index (χ2v) is 5.19. The molecule has 0 aliphatic carbocycles. The molecule has 1 aromatic heterocycles. The number of hydrogen-bond acceptors (Lipinski definition) is 7. The van der Waals surface area contributed by atoms with Gasteiger partial charge in [0.15, 0.2) is 5.16 Å². The molecule has 0 aliphatic heterocycles. The van der Waals surface area contributed by atoms with Gasteiger partial charge in [-0.05, 0) is 11.6 Å². The maximum Gasteiger partial charge on any atom is 0.273 e. The van der Waals surface area contributed by atoms with Gasteiger partial charge in [0.2, 0.25) is 0 Å². The largest absolute Gasteiger partial charge is 0.496 e. The summed E-state index contributed by atoms with van der Waals surface area (Å²) in [5, 5.41) is 19.6. The first-order chi connectivity index (χ1) is 10.0. The normalized spacial score (nSPS) is 10.6. The number of non-ortho nitro benzene ring substituents is 1. The first kappa shape index (κ1) is 15.3. The smallest absolute Gasteiger partial charge is 0.273 e. The average Bonchev–Trinajstić information content (AvgIpc) is 2.85. The number of ether oxygens (including phenoxy) is 1. The van der Waals surface area contributed by atoms with Crippen LogP contribution in [-0.2, 0) is 19.3 Å². The molecule has 8 nitrogen and oxygen atoms in total. The van der Waals surface area contributed by atoms with Crippen LogP contribution in [0.5, 0.6) is 5.75 Å². The van der Waals surface area contributed by atoms with Gasteiger partial charge in [0, 0.05) is 18.9 Å². The van der Waals surface area contributed by atoms with Gasteiger partial charge >= 0.3 is 0 Å². The molecule has 1 heterocycles.